The first-order chi connectivity index (χ1) is 9.37. The van der Waals surface area contributed by atoms with Crippen LogP contribution >= 0.6 is 0 Å². The van der Waals surface area contributed by atoms with E-state index in [0.29, 0.717) is 16.9 Å². The van der Waals surface area contributed by atoms with Gasteiger partial charge in [-0.25, -0.2) is 9.78 Å². The van der Waals surface area contributed by atoms with Gasteiger partial charge in [0.05, 0.1) is 12.0 Å². The highest BCUT2D eigenvalue weighted by atomic mass is 28.3. The van der Waals surface area contributed by atoms with Gasteiger partial charge in [0.2, 0.25) is 0 Å². The lowest BCUT2D eigenvalue weighted by atomic mass is 10.1. The highest BCUT2D eigenvalue weighted by Gasteiger charge is 2.13. The topological polar surface area (TPSA) is 60.2 Å². The Labute approximate surface area is 117 Å². The summed E-state index contributed by atoms with van der Waals surface area (Å²) in [5.74, 6) is 3.31. The molecule has 5 heteroatoms. The zero-order valence-electron chi connectivity index (χ0n) is 11.7. The van der Waals surface area contributed by atoms with E-state index in [2.05, 4.69) is 36.1 Å². The Kier molecular flexibility index (Phi) is 3.86. The second-order valence-corrected chi connectivity index (χ2v) is 10.2. The first kappa shape index (κ1) is 14.2. The molecule has 0 aromatic rings. The lowest BCUT2D eigenvalue weighted by Crippen LogP contribution is -2.16. The van der Waals surface area contributed by atoms with Crippen molar-refractivity contribution in [2.75, 3.05) is 0 Å². The molecule has 0 aromatic carbocycles. The molecule has 0 fully saturated rings. The molecule has 0 radical (unpaired) electrons. The maximum Gasteiger partial charge on any atom is 0.335 e. The summed E-state index contributed by atoms with van der Waals surface area (Å²) >= 11 is 0. The summed E-state index contributed by atoms with van der Waals surface area (Å²) in [7, 11) is -1.50. The van der Waals surface area contributed by atoms with Gasteiger partial charge in [0.25, 0.3) is 5.56 Å². The molecule has 2 aliphatic rings. The molecule has 0 saturated heterocycles. The number of rotatable bonds is 1. The molecule has 0 atom stereocenters. The SMILES string of the molecule is C[Si](C)(C)C#CCc1oc(=O)ccc2ccnc(=O)c1-2. The molecule has 0 N–H and O–H groups in total. The van der Waals surface area contributed by atoms with Crippen LogP contribution < -0.4 is 11.2 Å². The summed E-state index contributed by atoms with van der Waals surface area (Å²) in [5, 5.41) is 0. The number of aromatic nitrogens is 1. The standard InChI is InChI=1S/C15H15NO3Si/c1-20(2,3)10-4-5-12-14-11(6-7-13(17)19-12)8-9-16-15(14)18/h6-9H,5H2,1-3H3. The highest BCUT2D eigenvalue weighted by Crippen LogP contribution is 2.18. The Balaban J connectivity index is 2.59. The summed E-state index contributed by atoms with van der Waals surface area (Å²) in [6.07, 6.45) is 1.66. The Hall–Kier alpha value is -2.19. The Bertz CT molecular complexity index is 778. The van der Waals surface area contributed by atoms with Crippen LogP contribution in [0, 0.1) is 11.5 Å². The van der Waals surface area contributed by atoms with Crippen LogP contribution in [0.15, 0.2) is 38.4 Å². The van der Waals surface area contributed by atoms with Gasteiger partial charge in [-0.3, -0.25) is 4.79 Å². The predicted octanol–water partition coefficient (Wildman–Crippen LogP) is 1.92. The first-order valence-electron chi connectivity index (χ1n) is 6.29. The molecule has 4 nitrogen and oxygen atoms in total. The van der Waals surface area contributed by atoms with Crippen molar-refractivity contribution >= 4 is 8.07 Å². The molecular weight excluding hydrogens is 270 g/mol. The molecule has 0 aliphatic carbocycles. The molecule has 2 heterocycles. The van der Waals surface area contributed by atoms with Crippen molar-refractivity contribution in [2.45, 2.75) is 26.1 Å². The number of fused-ring (bicyclic) bond motifs is 1. The normalized spacial score (nSPS) is 10.9. The highest BCUT2D eigenvalue weighted by molar-refractivity contribution is 6.83. The Morgan fingerprint density at radius 2 is 1.95 bits per heavy atom. The molecule has 0 spiro atoms. The lowest BCUT2D eigenvalue weighted by molar-refractivity contribution is 0.479. The maximum absolute atomic E-state index is 11.9. The van der Waals surface area contributed by atoms with E-state index >= 15 is 0 Å². The smallest absolute Gasteiger partial charge is 0.335 e. The molecule has 0 aromatic heterocycles. The van der Waals surface area contributed by atoms with Crippen LogP contribution in [-0.4, -0.2) is 13.1 Å². The summed E-state index contributed by atoms with van der Waals surface area (Å²) in [6.45, 7) is 6.37. The van der Waals surface area contributed by atoms with Crippen molar-refractivity contribution < 1.29 is 4.42 Å². The van der Waals surface area contributed by atoms with Gasteiger partial charge < -0.3 is 4.42 Å². The van der Waals surface area contributed by atoms with Gasteiger partial charge in [-0.2, -0.15) is 0 Å². The number of hydrogen-bond donors (Lipinski definition) is 0. The van der Waals surface area contributed by atoms with Crippen LogP contribution in [0.4, 0.5) is 0 Å². The van der Waals surface area contributed by atoms with E-state index < -0.39 is 19.3 Å². The van der Waals surface area contributed by atoms with E-state index in [-0.39, 0.29) is 6.42 Å². The van der Waals surface area contributed by atoms with Crippen molar-refractivity contribution in [1.29, 1.82) is 0 Å². The van der Waals surface area contributed by atoms with Crippen molar-refractivity contribution in [1.82, 2.24) is 4.98 Å². The summed E-state index contributed by atoms with van der Waals surface area (Å²) in [4.78, 5) is 27.2. The van der Waals surface area contributed by atoms with Crippen molar-refractivity contribution in [3.63, 3.8) is 0 Å². The third kappa shape index (κ3) is 3.43. The fraction of sp³-hybridized carbons (Fsp3) is 0.267. The second-order valence-electron chi connectivity index (χ2n) is 5.49. The summed E-state index contributed by atoms with van der Waals surface area (Å²) in [6, 6.07) is 4.55. The first-order valence-corrected chi connectivity index (χ1v) is 9.79. The van der Waals surface area contributed by atoms with Gasteiger partial charge in [-0.1, -0.05) is 19.6 Å². The second kappa shape index (κ2) is 5.43. The van der Waals surface area contributed by atoms with Crippen LogP contribution in [0.5, 0.6) is 0 Å². The molecule has 0 saturated carbocycles. The number of hydrogen-bond acceptors (Lipinski definition) is 4. The van der Waals surface area contributed by atoms with E-state index in [1.807, 2.05) is 0 Å². The molecule has 0 amide bonds. The fourth-order valence-electron chi connectivity index (χ4n) is 1.75. The minimum Gasteiger partial charge on any atom is -0.426 e. The van der Waals surface area contributed by atoms with E-state index in [0.717, 1.165) is 0 Å². The van der Waals surface area contributed by atoms with Crippen LogP contribution in [0.2, 0.25) is 19.6 Å². The average molecular weight is 285 g/mol. The van der Waals surface area contributed by atoms with Gasteiger partial charge in [0.1, 0.15) is 13.8 Å². The van der Waals surface area contributed by atoms with Gasteiger partial charge in [0, 0.05) is 12.3 Å². The van der Waals surface area contributed by atoms with Crippen LogP contribution in [0.3, 0.4) is 0 Å². The summed E-state index contributed by atoms with van der Waals surface area (Å²) in [5.41, 5.74) is 3.27. The van der Waals surface area contributed by atoms with Gasteiger partial charge in [-0.05, 0) is 17.7 Å². The van der Waals surface area contributed by atoms with Crippen molar-refractivity contribution in [2.24, 2.45) is 0 Å². The van der Waals surface area contributed by atoms with E-state index in [1.165, 1.54) is 12.3 Å². The van der Waals surface area contributed by atoms with Crippen molar-refractivity contribution in [3.05, 3.63) is 50.9 Å². The molecule has 0 bridgehead atoms. The minimum absolute atomic E-state index is 0.242. The average Bonchev–Trinajstić information content (AvgIpc) is 2.49. The molecule has 20 heavy (non-hydrogen) atoms. The molecule has 102 valence electrons. The van der Waals surface area contributed by atoms with Gasteiger partial charge in [-0.15, -0.1) is 11.5 Å². The monoisotopic (exact) mass is 285 g/mol. The molecular formula is C15H15NO3Si. The molecule has 2 aliphatic heterocycles. The predicted molar refractivity (Wildman–Crippen MR) is 80.5 cm³/mol. The van der Waals surface area contributed by atoms with Crippen molar-refractivity contribution in [3.8, 4) is 22.6 Å². The summed E-state index contributed by atoms with van der Waals surface area (Å²) < 4.78 is 5.20. The van der Waals surface area contributed by atoms with E-state index in [4.69, 9.17) is 4.42 Å². The van der Waals surface area contributed by atoms with Crippen LogP contribution in [0.1, 0.15) is 5.76 Å². The third-order valence-electron chi connectivity index (χ3n) is 2.56. The van der Waals surface area contributed by atoms with Gasteiger partial charge >= 0.3 is 5.63 Å². The quantitative estimate of drug-likeness (QED) is 0.593. The van der Waals surface area contributed by atoms with E-state index in [9.17, 15) is 9.59 Å². The molecule has 0 unspecified atom stereocenters. The molecule has 2 rings (SSSR count). The van der Waals surface area contributed by atoms with E-state index in [1.54, 1.807) is 12.1 Å². The Morgan fingerprint density at radius 1 is 1.20 bits per heavy atom. The minimum atomic E-state index is -1.50. The maximum atomic E-state index is 11.9. The lowest BCUT2D eigenvalue weighted by Gasteiger charge is -2.04. The van der Waals surface area contributed by atoms with Crippen LogP contribution in [-0.2, 0) is 6.42 Å². The largest absolute Gasteiger partial charge is 0.426 e. The van der Waals surface area contributed by atoms with Crippen LogP contribution in [0.25, 0.3) is 11.1 Å². The number of nitrogens with zero attached hydrogens (tertiary/aromatic N) is 1. The third-order valence-corrected chi connectivity index (χ3v) is 3.49. The zero-order valence-corrected chi connectivity index (χ0v) is 12.7. The number of pyridine rings is 1. The fourth-order valence-corrected chi connectivity index (χ4v) is 2.37. The Morgan fingerprint density at radius 3 is 2.65 bits per heavy atom. The van der Waals surface area contributed by atoms with Gasteiger partial charge in [0.15, 0.2) is 0 Å². The zero-order chi connectivity index (χ0) is 14.8.